The Labute approximate surface area is 85.9 Å². The Balaban J connectivity index is 2.22. The van der Waals surface area contributed by atoms with Gasteiger partial charge in [-0.1, -0.05) is 19.8 Å². The van der Waals surface area contributed by atoms with Crippen LogP contribution in [-0.4, -0.2) is 11.2 Å². The predicted octanol–water partition coefficient (Wildman–Crippen LogP) is 2.48. The van der Waals surface area contributed by atoms with E-state index in [9.17, 15) is 5.11 Å². The van der Waals surface area contributed by atoms with Crippen molar-refractivity contribution < 1.29 is 5.11 Å². The third kappa shape index (κ3) is 1.44. The van der Waals surface area contributed by atoms with E-state index in [4.69, 9.17) is 5.26 Å². The highest BCUT2D eigenvalue weighted by molar-refractivity contribution is 5.04. The lowest BCUT2D eigenvalue weighted by Crippen LogP contribution is -2.44. The van der Waals surface area contributed by atoms with Crippen LogP contribution in [0.15, 0.2) is 0 Å². The minimum atomic E-state index is -0.226. The molecule has 2 heteroatoms. The van der Waals surface area contributed by atoms with Gasteiger partial charge in [0, 0.05) is 0 Å². The second-order valence-electron chi connectivity index (χ2n) is 5.26. The minimum absolute atomic E-state index is 0.0801. The van der Waals surface area contributed by atoms with Gasteiger partial charge in [0.05, 0.1) is 18.1 Å². The number of aliphatic hydroxyl groups excluding tert-OH is 1. The maximum absolute atomic E-state index is 9.71. The molecule has 0 amide bonds. The van der Waals surface area contributed by atoms with Gasteiger partial charge in [0.15, 0.2) is 0 Å². The molecule has 0 aliphatic heterocycles. The molecule has 0 aromatic carbocycles. The van der Waals surface area contributed by atoms with Crippen LogP contribution >= 0.6 is 0 Å². The Kier molecular flexibility index (Phi) is 2.53. The standard InChI is InChI=1S/C12H19NO/c1-12-5-3-2-4-9(12)6-11(14)7-10(12)8-13/h9-11,14H,2-7H2,1H3/t9-,10-,11-,12+/m0/s1. The van der Waals surface area contributed by atoms with Gasteiger partial charge in [0.1, 0.15) is 0 Å². The molecule has 0 aromatic heterocycles. The van der Waals surface area contributed by atoms with E-state index in [0.717, 1.165) is 6.42 Å². The van der Waals surface area contributed by atoms with E-state index >= 15 is 0 Å². The molecule has 4 atom stereocenters. The second kappa shape index (κ2) is 3.55. The maximum Gasteiger partial charge on any atom is 0.0662 e. The molecule has 1 N–H and O–H groups in total. The van der Waals surface area contributed by atoms with Crippen LogP contribution in [0.3, 0.4) is 0 Å². The molecule has 0 saturated heterocycles. The second-order valence-corrected chi connectivity index (χ2v) is 5.26. The van der Waals surface area contributed by atoms with E-state index in [2.05, 4.69) is 13.0 Å². The molecule has 0 bridgehead atoms. The number of nitriles is 1. The quantitative estimate of drug-likeness (QED) is 0.642. The van der Waals surface area contributed by atoms with Gasteiger partial charge in [-0.25, -0.2) is 0 Å². The monoisotopic (exact) mass is 193 g/mol. The Morgan fingerprint density at radius 2 is 2.14 bits per heavy atom. The molecule has 0 spiro atoms. The summed E-state index contributed by atoms with van der Waals surface area (Å²) < 4.78 is 0. The molecule has 2 saturated carbocycles. The fourth-order valence-corrected chi connectivity index (χ4v) is 3.44. The van der Waals surface area contributed by atoms with Crippen molar-refractivity contribution >= 4 is 0 Å². The largest absolute Gasteiger partial charge is 0.393 e. The molecule has 2 nitrogen and oxygen atoms in total. The normalized spacial score (nSPS) is 47.9. The highest BCUT2D eigenvalue weighted by Gasteiger charge is 2.47. The Morgan fingerprint density at radius 1 is 1.36 bits per heavy atom. The molecule has 2 rings (SSSR count). The zero-order valence-electron chi connectivity index (χ0n) is 8.87. The summed E-state index contributed by atoms with van der Waals surface area (Å²) in [5.41, 5.74) is 0.201. The van der Waals surface area contributed by atoms with E-state index in [0.29, 0.717) is 12.3 Å². The third-order valence-electron chi connectivity index (χ3n) is 4.47. The van der Waals surface area contributed by atoms with Crippen LogP contribution in [0.1, 0.15) is 45.4 Å². The lowest BCUT2D eigenvalue weighted by atomic mass is 9.55. The number of aliphatic hydroxyl groups is 1. The topological polar surface area (TPSA) is 44.0 Å². The summed E-state index contributed by atoms with van der Waals surface area (Å²) in [5, 5.41) is 18.9. The van der Waals surface area contributed by atoms with Crippen molar-refractivity contribution in [2.45, 2.75) is 51.6 Å². The van der Waals surface area contributed by atoms with Crippen LogP contribution < -0.4 is 0 Å². The lowest BCUT2D eigenvalue weighted by molar-refractivity contribution is -0.0362. The van der Waals surface area contributed by atoms with Crippen molar-refractivity contribution in [2.24, 2.45) is 17.3 Å². The number of fused-ring (bicyclic) bond motifs is 1. The molecule has 2 aliphatic rings. The molecule has 2 fully saturated rings. The molecule has 14 heavy (non-hydrogen) atoms. The van der Waals surface area contributed by atoms with E-state index in [1.54, 1.807) is 0 Å². The summed E-state index contributed by atoms with van der Waals surface area (Å²) >= 11 is 0. The van der Waals surface area contributed by atoms with Gasteiger partial charge in [-0.3, -0.25) is 0 Å². The predicted molar refractivity (Wildman–Crippen MR) is 54.4 cm³/mol. The van der Waals surface area contributed by atoms with Gasteiger partial charge in [0.25, 0.3) is 0 Å². The van der Waals surface area contributed by atoms with Crippen LogP contribution in [0.25, 0.3) is 0 Å². The molecular weight excluding hydrogens is 174 g/mol. The van der Waals surface area contributed by atoms with Gasteiger partial charge in [-0.05, 0) is 37.0 Å². The fraction of sp³-hybridized carbons (Fsp3) is 0.917. The summed E-state index contributed by atoms with van der Waals surface area (Å²) in [6, 6.07) is 2.41. The molecule has 78 valence electrons. The van der Waals surface area contributed by atoms with Crippen LogP contribution in [0.2, 0.25) is 0 Å². The highest BCUT2D eigenvalue weighted by Crippen LogP contribution is 2.52. The summed E-state index contributed by atoms with van der Waals surface area (Å²) in [7, 11) is 0. The summed E-state index contributed by atoms with van der Waals surface area (Å²) in [4.78, 5) is 0. The van der Waals surface area contributed by atoms with Gasteiger partial charge in [0.2, 0.25) is 0 Å². The average Bonchev–Trinajstić information content (AvgIpc) is 2.17. The van der Waals surface area contributed by atoms with Crippen LogP contribution in [0, 0.1) is 28.6 Å². The van der Waals surface area contributed by atoms with Crippen LogP contribution in [0.4, 0.5) is 0 Å². The van der Waals surface area contributed by atoms with Gasteiger partial charge < -0.3 is 5.11 Å². The van der Waals surface area contributed by atoms with Gasteiger partial charge >= 0.3 is 0 Å². The lowest BCUT2D eigenvalue weighted by Gasteiger charge is -2.49. The van der Waals surface area contributed by atoms with Crippen molar-refractivity contribution in [1.29, 1.82) is 5.26 Å². The Hall–Kier alpha value is -0.550. The Bertz CT molecular complexity index is 258. The smallest absolute Gasteiger partial charge is 0.0662 e. The number of rotatable bonds is 0. The zero-order chi connectivity index (χ0) is 10.2. The van der Waals surface area contributed by atoms with Crippen molar-refractivity contribution in [3.05, 3.63) is 0 Å². The van der Waals surface area contributed by atoms with Crippen molar-refractivity contribution in [2.75, 3.05) is 0 Å². The van der Waals surface area contributed by atoms with E-state index in [1.807, 2.05) is 0 Å². The molecule has 0 unspecified atom stereocenters. The van der Waals surface area contributed by atoms with Crippen molar-refractivity contribution in [1.82, 2.24) is 0 Å². The average molecular weight is 193 g/mol. The summed E-state index contributed by atoms with van der Waals surface area (Å²) in [6.45, 7) is 2.26. The fourth-order valence-electron chi connectivity index (χ4n) is 3.44. The molecule has 0 radical (unpaired) electrons. The number of hydrogen-bond acceptors (Lipinski definition) is 2. The van der Waals surface area contributed by atoms with E-state index in [1.165, 1.54) is 25.7 Å². The minimum Gasteiger partial charge on any atom is -0.393 e. The van der Waals surface area contributed by atoms with Crippen LogP contribution in [-0.2, 0) is 0 Å². The molecular formula is C12H19NO. The van der Waals surface area contributed by atoms with Gasteiger partial charge in [-0.2, -0.15) is 5.26 Å². The van der Waals surface area contributed by atoms with E-state index < -0.39 is 0 Å². The SMILES string of the molecule is C[C@@]12CCCC[C@H]1C[C@H](O)C[C@H]2C#N. The Morgan fingerprint density at radius 3 is 2.86 bits per heavy atom. The molecule has 0 heterocycles. The first kappa shape index (κ1) is 9.98. The van der Waals surface area contributed by atoms with Crippen LogP contribution in [0.5, 0.6) is 0 Å². The van der Waals surface area contributed by atoms with E-state index in [-0.39, 0.29) is 17.4 Å². The first-order valence-electron chi connectivity index (χ1n) is 5.74. The third-order valence-corrected chi connectivity index (χ3v) is 4.47. The maximum atomic E-state index is 9.71. The first-order valence-corrected chi connectivity index (χ1v) is 5.74. The van der Waals surface area contributed by atoms with Gasteiger partial charge in [-0.15, -0.1) is 0 Å². The van der Waals surface area contributed by atoms with Crippen molar-refractivity contribution in [3.8, 4) is 6.07 Å². The number of nitrogens with zero attached hydrogens (tertiary/aromatic N) is 1. The zero-order valence-corrected chi connectivity index (χ0v) is 8.87. The summed E-state index contributed by atoms with van der Waals surface area (Å²) in [6.07, 6.45) is 6.34. The number of hydrogen-bond donors (Lipinski definition) is 1. The highest BCUT2D eigenvalue weighted by atomic mass is 16.3. The summed E-state index contributed by atoms with van der Waals surface area (Å²) in [5.74, 6) is 0.668. The van der Waals surface area contributed by atoms with Crippen molar-refractivity contribution in [3.63, 3.8) is 0 Å². The molecule has 0 aromatic rings. The molecule has 2 aliphatic carbocycles. The first-order chi connectivity index (χ1) is 6.66.